The highest BCUT2D eigenvalue weighted by molar-refractivity contribution is 5.59. The average molecular weight is 442 g/mol. The molecular formula is C21H21F3N8. The molecule has 0 amide bonds. The molecule has 5 heterocycles. The molecule has 0 aromatic carbocycles. The lowest BCUT2D eigenvalue weighted by Gasteiger charge is -2.43. The summed E-state index contributed by atoms with van der Waals surface area (Å²) in [6.45, 7) is 4.91. The van der Waals surface area contributed by atoms with Crippen molar-refractivity contribution in [1.29, 1.82) is 0 Å². The van der Waals surface area contributed by atoms with Crippen LogP contribution in [0.1, 0.15) is 31.0 Å². The molecule has 32 heavy (non-hydrogen) atoms. The SMILES string of the molecule is C[C@@H]1CN(c2ccnc(-c3cnc4ccc(C(F)(F)F)cn34)n2)[C@H](C)[C@H](c2cn[nH]c2)N1. The molecule has 11 heteroatoms. The molecule has 1 aliphatic heterocycles. The van der Waals surface area contributed by atoms with Crippen LogP contribution in [0.5, 0.6) is 0 Å². The van der Waals surface area contributed by atoms with Crippen LogP contribution in [0.3, 0.4) is 0 Å². The van der Waals surface area contributed by atoms with Gasteiger partial charge < -0.3 is 10.2 Å². The van der Waals surface area contributed by atoms with Crippen molar-refractivity contribution in [1.82, 2.24) is 34.9 Å². The van der Waals surface area contributed by atoms with Crippen molar-refractivity contribution < 1.29 is 13.2 Å². The van der Waals surface area contributed by atoms with E-state index in [1.807, 2.05) is 12.3 Å². The van der Waals surface area contributed by atoms with Crippen molar-refractivity contribution in [3.8, 4) is 11.5 Å². The zero-order valence-electron chi connectivity index (χ0n) is 17.4. The predicted octanol–water partition coefficient (Wildman–Crippen LogP) is 3.46. The highest BCUT2D eigenvalue weighted by Crippen LogP contribution is 2.32. The molecule has 0 saturated carbocycles. The first-order valence-electron chi connectivity index (χ1n) is 10.2. The van der Waals surface area contributed by atoms with Crippen LogP contribution in [0.25, 0.3) is 17.2 Å². The monoisotopic (exact) mass is 442 g/mol. The van der Waals surface area contributed by atoms with Crippen molar-refractivity contribution in [2.45, 2.75) is 38.1 Å². The number of pyridine rings is 1. The number of H-pyrrole nitrogens is 1. The van der Waals surface area contributed by atoms with Gasteiger partial charge in [0, 0.05) is 42.8 Å². The van der Waals surface area contributed by atoms with Gasteiger partial charge in [-0.2, -0.15) is 18.3 Å². The van der Waals surface area contributed by atoms with Crippen LogP contribution in [0.15, 0.2) is 49.2 Å². The van der Waals surface area contributed by atoms with E-state index in [9.17, 15) is 13.2 Å². The summed E-state index contributed by atoms with van der Waals surface area (Å²) in [6, 6.07) is 4.46. The third-order valence-electron chi connectivity index (χ3n) is 5.78. The number of hydrogen-bond donors (Lipinski definition) is 2. The largest absolute Gasteiger partial charge is 0.417 e. The number of imidazole rings is 1. The number of hydrogen-bond acceptors (Lipinski definition) is 6. The van der Waals surface area contributed by atoms with E-state index in [1.165, 1.54) is 16.7 Å². The average Bonchev–Trinajstić information content (AvgIpc) is 3.44. The molecule has 4 aromatic heterocycles. The fourth-order valence-electron chi connectivity index (χ4n) is 4.19. The van der Waals surface area contributed by atoms with E-state index in [0.717, 1.165) is 24.4 Å². The normalized spacial score (nSPS) is 21.9. The van der Waals surface area contributed by atoms with Crippen LogP contribution >= 0.6 is 0 Å². The quantitative estimate of drug-likeness (QED) is 0.505. The van der Waals surface area contributed by atoms with Gasteiger partial charge >= 0.3 is 6.18 Å². The number of nitrogens with zero attached hydrogens (tertiary/aromatic N) is 6. The minimum Gasteiger partial charge on any atom is -0.350 e. The number of nitrogens with one attached hydrogen (secondary N) is 2. The molecule has 0 spiro atoms. The van der Waals surface area contributed by atoms with Crippen molar-refractivity contribution in [3.63, 3.8) is 0 Å². The van der Waals surface area contributed by atoms with Gasteiger partial charge in [-0.15, -0.1) is 0 Å². The topological polar surface area (TPSA) is 87.0 Å². The number of aromatic amines is 1. The van der Waals surface area contributed by atoms with E-state index in [2.05, 4.69) is 44.2 Å². The van der Waals surface area contributed by atoms with Gasteiger partial charge in [-0.25, -0.2) is 15.0 Å². The Morgan fingerprint density at radius 2 is 1.94 bits per heavy atom. The summed E-state index contributed by atoms with van der Waals surface area (Å²) in [6.07, 6.45) is 3.35. The summed E-state index contributed by atoms with van der Waals surface area (Å²) < 4.78 is 41.0. The molecule has 8 nitrogen and oxygen atoms in total. The molecule has 0 unspecified atom stereocenters. The van der Waals surface area contributed by atoms with Gasteiger partial charge in [0.05, 0.1) is 24.0 Å². The lowest BCUT2D eigenvalue weighted by molar-refractivity contribution is -0.137. The Labute approximate surface area is 181 Å². The van der Waals surface area contributed by atoms with Crippen LogP contribution < -0.4 is 10.2 Å². The highest BCUT2D eigenvalue weighted by Gasteiger charge is 2.34. The van der Waals surface area contributed by atoms with Gasteiger partial charge in [-0.1, -0.05) is 0 Å². The number of aromatic nitrogens is 6. The highest BCUT2D eigenvalue weighted by atomic mass is 19.4. The Morgan fingerprint density at radius 1 is 1.09 bits per heavy atom. The standard InChI is InChI=1S/C21H21F3N8/c1-12-10-31(13(2)19(29-12)14-7-27-28-8-14)18-5-6-25-20(30-18)16-9-26-17-4-3-15(11-32(16)17)21(22,23)24/h3-9,11-13,19,29H,10H2,1-2H3,(H,27,28)/t12-,13-,19-/m1/s1. The molecule has 2 N–H and O–H groups in total. The van der Waals surface area contributed by atoms with Gasteiger partial charge in [-0.05, 0) is 32.0 Å². The van der Waals surface area contributed by atoms with E-state index in [4.69, 9.17) is 4.98 Å². The lowest BCUT2D eigenvalue weighted by atomic mass is 9.97. The zero-order valence-corrected chi connectivity index (χ0v) is 17.4. The fraction of sp³-hybridized carbons (Fsp3) is 0.333. The minimum atomic E-state index is -4.45. The second-order valence-corrected chi connectivity index (χ2v) is 8.00. The molecule has 3 atom stereocenters. The van der Waals surface area contributed by atoms with E-state index in [-0.39, 0.29) is 18.1 Å². The maximum absolute atomic E-state index is 13.2. The summed E-state index contributed by atoms with van der Waals surface area (Å²) in [4.78, 5) is 15.4. The first-order valence-corrected chi connectivity index (χ1v) is 10.2. The molecule has 0 aliphatic carbocycles. The summed E-state index contributed by atoms with van der Waals surface area (Å²) in [5, 5.41) is 10.5. The molecule has 1 aliphatic rings. The summed E-state index contributed by atoms with van der Waals surface area (Å²) in [5.74, 6) is 1.01. The number of anilines is 1. The smallest absolute Gasteiger partial charge is 0.350 e. The van der Waals surface area contributed by atoms with Crippen molar-refractivity contribution >= 4 is 11.5 Å². The van der Waals surface area contributed by atoms with E-state index in [1.54, 1.807) is 12.4 Å². The Balaban J connectivity index is 1.52. The maximum atomic E-state index is 13.2. The molecule has 0 bridgehead atoms. The third kappa shape index (κ3) is 3.58. The van der Waals surface area contributed by atoms with Crippen molar-refractivity contribution in [2.24, 2.45) is 0 Å². The number of alkyl halides is 3. The van der Waals surface area contributed by atoms with Crippen LogP contribution in [-0.4, -0.2) is 48.2 Å². The summed E-state index contributed by atoms with van der Waals surface area (Å²) in [5.41, 5.74) is 1.08. The molecule has 0 radical (unpaired) electrons. The van der Waals surface area contributed by atoms with Crippen LogP contribution in [-0.2, 0) is 6.18 Å². The Kier molecular flexibility index (Phi) is 4.85. The lowest BCUT2D eigenvalue weighted by Crippen LogP contribution is -2.56. The summed E-state index contributed by atoms with van der Waals surface area (Å²) in [7, 11) is 0. The zero-order chi connectivity index (χ0) is 22.5. The van der Waals surface area contributed by atoms with Crippen molar-refractivity contribution in [3.05, 3.63) is 60.3 Å². The van der Waals surface area contributed by atoms with Gasteiger partial charge in [0.2, 0.25) is 0 Å². The van der Waals surface area contributed by atoms with Gasteiger partial charge in [-0.3, -0.25) is 9.50 Å². The molecule has 1 fully saturated rings. The first-order chi connectivity index (χ1) is 15.3. The fourth-order valence-corrected chi connectivity index (χ4v) is 4.19. The number of fused-ring (bicyclic) bond motifs is 1. The number of piperazine rings is 1. The maximum Gasteiger partial charge on any atom is 0.417 e. The predicted molar refractivity (Wildman–Crippen MR) is 112 cm³/mol. The molecule has 1 saturated heterocycles. The minimum absolute atomic E-state index is 0.0426. The molecule has 5 rings (SSSR count). The molecule has 166 valence electrons. The second-order valence-electron chi connectivity index (χ2n) is 8.00. The van der Waals surface area contributed by atoms with E-state index >= 15 is 0 Å². The van der Waals surface area contributed by atoms with Gasteiger partial charge in [0.1, 0.15) is 17.2 Å². The first kappa shape index (κ1) is 20.4. The van der Waals surface area contributed by atoms with E-state index < -0.39 is 11.7 Å². The van der Waals surface area contributed by atoms with Gasteiger partial charge in [0.25, 0.3) is 0 Å². The third-order valence-corrected chi connectivity index (χ3v) is 5.78. The number of halogens is 3. The van der Waals surface area contributed by atoms with Crippen LogP contribution in [0.4, 0.5) is 19.0 Å². The van der Waals surface area contributed by atoms with E-state index in [0.29, 0.717) is 23.0 Å². The molecule has 4 aromatic rings. The Morgan fingerprint density at radius 3 is 2.69 bits per heavy atom. The number of rotatable bonds is 3. The van der Waals surface area contributed by atoms with Crippen LogP contribution in [0, 0.1) is 0 Å². The summed E-state index contributed by atoms with van der Waals surface area (Å²) >= 11 is 0. The van der Waals surface area contributed by atoms with Crippen molar-refractivity contribution in [2.75, 3.05) is 11.4 Å². The molecular weight excluding hydrogens is 421 g/mol. The Bertz CT molecular complexity index is 1230. The Hall–Kier alpha value is -3.47. The second kappa shape index (κ2) is 7.59. The van der Waals surface area contributed by atoms with Gasteiger partial charge in [0.15, 0.2) is 5.82 Å². The van der Waals surface area contributed by atoms with Crippen LogP contribution in [0.2, 0.25) is 0 Å².